The molecular weight excluding hydrogens is 234 g/mol. The Kier molecular flexibility index (Phi) is 2.36. The lowest BCUT2D eigenvalue weighted by Crippen LogP contribution is -2.05. The molecule has 3 aromatic rings. The number of nitrogens with two attached hydrogens (primary N) is 1. The van der Waals surface area contributed by atoms with Crippen LogP contribution < -0.4 is 10.5 Å². The predicted octanol–water partition coefficient (Wildman–Crippen LogP) is 1.06. The molecule has 2 N–H and O–H groups in total. The summed E-state index contributed by atoms with van der Waals surface area (Å²) in [4.78, 5) is 8.57. The number of pyridine rings is 1. The molecule has 3 heterocycles. The third kappa shape index (κ3) is 1.65. The van der Waals surface area contributed by atoms with Gasteiger partial charge in [0, 0.05) is 12.1 Å². The van der Waals surface area contributed by atoms with Crippen LogP contribution in [0.2, 0.25) is 0 Å². The van der Waals surface area contributed by atoms with E-state index >= 15 is 0 Å². The fourth-order valence-electron chi connectivity index (χ4n) is 1.75. The Bertz CT molecular complexity index is 674. The van der Waals surface area contributed by atoms with Gasteiger partial charge in [-0.25, -0.2) is 4.98 Å². The minimum atomic E-state index is 0.383. The molecule has 0 radical (unpaired) electrons. The maximum atomic E-state index is 5.87. The number of methoxy groups -OCH3 is 1. The fraction of sp³-hybridized carbons (Fsp3) is 0.182. The van der Waals surface area contributed by atoms with Crippen molar-refractivity contribution in [3.05, 3.63) is 30.2 Å². The first-order chi connectivity index (χ1) is 8.78. The van der Waals surface area contributed by atoms with Crippen LogP contribution in [0.5, 0.6) is 5.88 Å². The van der Waals surface area contributed by atoms with Crippen molar-refractivity contribution in [2.75, 3.05) is 12.8 Å². The second-order valence-corrected chi connectivity index (χ2v) is 3.74. The normalized spacial score (nSPS) is 10.9. The van der Waals surface area contributed by atoms with Crippen LogP contribution in [0.1, 0.15) is 5.69 Å². The first kappa shape index (κ1) is 10.6. The zero-order chi connectivity index (χ0) is 12.5. The van der Waals surface area contributed by atoms with E-state index in [0.717, 1.165) is 11.2 Å². The van der Waals surface area contributed by atoms with E-state index in [0.29, 0.717) is 24.0 Å². The molecule has 3 rings (SSSR count). The molecule has 0 fully saturated rings. The monoisotopic (exact) mass is 245 g/mol. The minimum Gasteiger partial charge on any atom is -0.481 e. The van der Waals surface area contributed by atoms with Crippen LogP contribution in [0.15, 0.2) is 29.0 Å². The average Bonchev–Trinajstić information content (AvgIpc) is 2.99. The average molecular weight is 245 g/mol. The second-order valence-electron chi connectivity index (χ2n) is 3.74. The van der Waals surface area contributed by atoms with Gasteiger partial charge in [0.05, 0.1) is 13.7 Å². The third-order valence-corrected chi connectivity index (χ3v) is 2.62. The second kappa shape index (κ2) is 4.02. The number of nitrogens with zero attached hydrogens (tertiary/aromatic N) is 4. The number of anilines is 1. The van der Waals surface area contributed by atoms with Crippen molar-refractivity contribution in [1.29, 1.82) is 0 Å². The molecule has 0 aliphatic heterocycles. The lowest BCUT2D eigenvalue weighted by Gasteiger charge is -2.03. The molecule has 0 spiro atoms. The first-order valence-corrected chi connectivity index (χ1v) is 5.34. The zero-order valence-electron chi connectivity index (χ0n) is 9.70. The van der Waals surface area contributed by atoms with Crippen LogP contribution in [0, 0.1) is 0 Å². The number of fused-ring (bicyclic) bond motifs is 1. The molecule has 7 nitrogen and oxygen atoms in total. The van der Waals surface area contributed by atoms with E-state index in [-0.39, 0.29) is 0 Å². The molecule has 0 aliphatic rings. The number of imidazole rings is 1. The third-order valence-electron chi connectivity index (χ3n) is 2.62. The van der Waals surface area contributed by atoms with Gasteiger partial charge in [-0.2, -0.15) is 4.98 Å². The fourth-order valence-corrected chi connectivity index (χ4v) is 1.75. The summed E-state index contributed by atoms with van der Waals surface area (Å²) in [5.41, 5.74) is 8.01. The van der Waals surface area contributed by atoms with Gasteiger partial charge in [-0.1, -0.05) is 5.16 Å². The molecule has 0 saturated carbocycles. The summed E-state index contributed by atoms with van der Waals surface area (Å²) < 4.78 is 11.6. The first-order valence-electron chi connectivity index (χ1n) is 5.34. The van der Waals surface area contributed by atoms with Crippen molar-refractivity contribution in [2.45, 2.75) is 6.54 Å². The number of rotatable bonds is 3. The van der Waals surface area contributed by atoms with E-state index in [1.807, 2.05) is 6.07 Å². The molecule has 0 atom stereocenters. The molecule has 18 heavy (non-hydrogen) atoms. The minimum absolute atomic E-state index is 0.383. The van der Waals surface area contributed by atoms with Crippen LogP contribution in [-0.4, -0.2) is 26.8 Å². The smallest absolute Gasteiger partial charge is 0.215 e. The van der Waals surface area contributed by atoms with Crippen molar-refractivity contribution in [1.82, 2.24) is 19.7 Å². The van der Waals surface area contributed by atoms with Crippen molar-refractivity contribution >= 4 is 17.1 Å². The van der Waals surface area contributed by atoms with Crippen LogP contribution in [0.3, 0.4) is 0 Å². The highest BCUT2D eigenvalue weighted by molar-refractivity contribution is 5.74. The molecule has 92 valence electrons. The maximum absolute atomic E-state index is 5.87. The largest absolute Gasteiger partial charge is 0.481 e. The summed E-state index contributed by atoms with van der Waals surface area (Å²) in [6.45, 7) is 0.457. The van der Waals surface area contributed by atoms with Crippen LogP contribution in [0.4, 0.5) is 5.95 Å². The summed E-state index contributed by atoms with van der Waals surface area (Å²) in [6.07, 6.45) is 1.51. The van der Waals surface area contributed by atoms with Crippen molar-refractivity contribution in [2.24, 2.45) is 0 Å². The van der Waals surface area contributed by atoms with Crippen LogP contribution >= 0.6 is 0 Å². The van der Waals surface area contributed by atoms with Gasteiger partial charge in [0.2, 0.25) is 11.8 Å². The molecule has 0 aromatic carbocycles. The van der Waals surface area contributed by atoms with E-state index in [1.165, 1.54) is 6.26 Å². The molecule has 0 saturated heterocycles. The van der Waals surface area contributed by atoms with Crippen molar-refractivity contribution < 1.29 is 9.26 Å². The Morgan fingerprint density at radius 2 is 2.22 bits per heavy atom. The summed E-state index contributed by atoms with van der Waals surface area (Å²) >= 11 is 0. The molecule has 3 aromatic heterocycles. The van der Waals surface area contributed by atoms with Gasteiger partial charge in [0.15, 0.2) is 5.65 Å². The number of hydrogen-bond donors (Lipinski definition) is 1. The van der Waals surface area contributed by atoms with Gasteiger partial charge >= 0.3 is 0 Å². The summed E-state index contributed by atoms with van der Waals surface area (Å²) in [7, 11) is 1.57. The van der Waals surface area contributed by atoms with Crippen molar-refractivity contribution in [3.63, 3.8) is 0 Å². The summed E-state index contributed by atoms with van der Waals surface area (Å²) in [6, 6.07) is 5.33. The van der Waals surface area contributed by atoms with Gasteiger partial charge in [-0.05, 0) is 6.07 Å². The predicted molar refractivity (Wildman–Crippen MR) is 64.1 cm³/mol. The molecule has 0 unspecified atom stereocenters. The highest BCUT2D eigenvalue weighted by Crippen LogP contribution is 2.20. The van der Waals surface area contributed by atoms with Crippen LogP contribution in [0.25, 0.3) is 11.2 Å². The number of ether oxygens (including phenoxy) is 1. The lowest BCUT2D eigenvalue weighted by atomic mass is 10.4. The molecule has 0 bridgehead atoms. The Hall–Kier alpha value is -2.57. The quantitative estimate of drug-likeness (QED) is 0.741. The summed E-state index contributed by atoms with van der Waals surface area (Å²) in [5.74, 6) is 0.901. The van der Waals surface area contributed by atoms with Gasteiger partial charge in [0.1, 0.15) is 17.5 Å². The summed E-state index contributed by atoms with van der Waals surface area (Å²) in [5, 5.41) is 3.84. The molecule has 7 heteroatoms. The number of nitrogen functional groups attached to an aromatic ring is 1. The molecule has 0 amide bonds. The van der Waals surface area contributed by atoms with E-state index in [4.69, 9.17) is 15.0 Å². The number of aromatic nitrogens is 4. The topological polar surface area (TPSA) is 92.0 Å². The Balaban J connectivity index is 2.11. The van der Waals surface area contributed by atoms with Gasteiger partial charge in [0.25, 0.3) is 0 Å². The zero-order valence-corrected chi connectivity index (χ0v) is 9.70. The molecule has 0 aliphatic carbocycles. The van der Waals surface area contributed by atoms with E-state index < -0.39 is 0 Å². The van der Waals surface area contributed by atoms with Crippen molar-refractivity contribution in [3.8, 4) is 5.88 Å². The Morgan fingerprint density at radius 3 is 2.94 bits per heavy atom. The Labute approximate surface area is 102 Å². The van der Waals surface area contributed by atoms with E-state index in [1.54, 1.807) is 23.8 Å². The highest BCUT2D eigenvalue weighted by atomic mass is 16.5. The highest BCUT2D eigenvalue weighted by Gasteiger charge is 2.12. The SMILES string of the molecule is COc1ccc2nc(N)n(Cc3ccon3)c2n1. The number of hydrogen-bond acceptors (Lipinski definition) is 6. The van der Waals surface area contributed by atoms with Gasteiger partial charge in [-0.3, -0.25) is 4.57 Å². The van der Waals surface area contributed by atoms with Gasteiger partial charge in [-0.15, -0.1) is 0 Å². The molecular formula is C11H11N5O2. The van der Waals surface area contributed by atoms with Crippen LogP contribution in [-0.2, 0) is 6.54 Å². The van der Waals surface area contributed by atoms with E-state index in [9.17, 15) is 0 Å². The standard InChI is InChI=1S/C11H11N5O2/c1-17-9-3-2-8-10(14-9)16(11(12)13-8)6-7-4-5-18-15-7/h2-5H,6H2,1H3,(H2,12,13). The van der Waals surface area contributed by atoms with Gasteiger partial charge < -0.3 is 15.0 Å². The maximum Gasteiger partial charge on any atom is 0.215 e. The lowest BCUT2D eigenvalue weighted by molar-refractivity contribution is 0.398. The van der Waals surface area contributed by atoms with E-state index in [2.05, 4.69) is 15.1 Å². The Morgan fingerprint density at radius 1 is 1.33 bits per heavy atom.